The second-order valence-corrected chi connectivity index (χ2v) is 5.03. The molecule has 0 spiro atoms. The smallest absolute Gasteiger partial charge is 0.138 e. The molecule has 0 bridgehead atoms. The van der Waals surface area contributed by atoms with Crippen molar-refractivity contribution in [1.82, 2.24) is 15.0 Å². The van der Waals surface area contributed by atoms with Gasteiger partial charge in [0.05, 0.1) is 21.6 Å². The summed E-state index contributed by atoms with van der Waals surface area (Å²) >= 11 is 6.22. The van der Waals surface area contributed by atoms with Gasteiger partial charge in [0.1, 0.15) is 5.82 Å². The molecule has 0 saturated heterocycles. The number of pyridine rings is 1. The summed E-state index contributed by atoms with van der Waals surface area (Å²) in [5.74, 6) is 0.841. The molecular weight excluding hydrogens is 270 g/mol. The minimum Gasteiger partial charge on any atom is -0.338 e. The third-order valence-electron chi connectivity index (χ3n) is 3.35. The van der Waals surface area contributed by atoms with Crippen LogP contribution in [0.2, 0.25) is 5.02 Å². The molecule has 0 unspecified atom stereocenters. The third-order valence-corrected chi connectivity index (χ3v) is 3.68. The summed E-state index contributed by atoms with van der Waals surface area (Å²) < 4.78 is 0. The van der Waals surface area contributed by atoms with Gasteiger partial charge in [-0.3, -0.25) is 4.98 Å². The molecule has 1 N–H and O–H groups in total. The van der Waals surface area contributed by atoms with Gasteiger partial charge in [0, 0.05) is 17.1 Å². The van der Waals surface area contributed by atoms with Crippen molar-refractivity contribution >= 4 is 33.5 Å². The molecule has 96 valence electrons. The highest BCUT2D eigenvalue weighted by Crippen LogP contribution is 2.27. The maximum absolute atomic E-state index is 6.22. The molecule has 20 heavy (non-hydrogen) atoms. The average molecular weight is 280 g/mol. The summed E-state index contributed by atoms with van der Waals surface area (Å²) in [6.45, 7) is 0. The van der Waals surface area contributed by atoms with Crippen LogP contribution in [0.3, 0.4) is 0 Å². The van der Waals surface area contributed by atoms with Gasteiger partial charge in [0.15, 0.2) is 0 Å². The van der Waals surface area contributed by atoms with Crippen molar-refractivity contribution in [3.8, 4) is 11.4 Å². The van der Waals surface area contributed by atoms with Crippen molar-refractivity contribution in [1.29, 1.82) is 0 Å². The summed E-state index contributed by atoms with van der Waals surface area (Å²) in [5, 5.41) is 1.64. The van der Waals surface area contributed by atoms with Crippen LogP contribution in [-0.2, 0) is 0 Å². The predicted octanol–water partition coefficient (Wildman–Crippen LogP) is 4.43. The molecule has 4 aromatic rings. The van der Waals surface area contributed by atoms with Crippen molar-refractivity contribution in [2.75, 3.05) is 0 Å². The highest BCUT2D eigenvalue weighted by Gasteiger charge is 2.07. The highest BCUT2D eigenvalue weighted by atomic mass is 35.5. The minimum absolute atomic E-state index is 0.702. The Morgan fingerprint density at radius 2 is 1.85 bits per heavy atom. The van der Waals surface area contributed by atoms with Crippen LogP contribution in [0.15, 0.2) is 54.7 Å². The van der Waals surface area contributed by atoms with Gasteiger partial charge in [0.2, 0.25) is 0 Å². The van der Waals surface area contributed by atoms with Crippen LogP contribution >= 0.6 is 11.6 Å². The number of fused-ring (bicyclic) bond motifs is 2. The minimum atomic E-state index is 0.702. The van der Waals surface area contributed by atoms with E-state index >= 15 is 0 Å². The molecule has 0 radical (unpaired) electrons. The molecule has 3 nitrogen and oxygen atoms in total. The van der Waals surface area contributed by atoms with Crippen molar-refractivity contribution in [3.63, 3.8) is 0 Å². The second-order valence-electron chi connectivity index (χ2n) is 4.63. The molecular formula is C16H10ClN3. The first-order valence-electron chi connectivity index (χ1n) is 6.31. The fraction of sp³-hybridized carbons (Fsp3) is 0. The zero-order valence-electron chi connectivity index (χ0n) is 10.5. The fourth-order valence-electron chi connectivity index (χ4n) is 2.35. The molecule has 0 aliphatic carbocycles. The van der Waals surface area contributed by atoms with E-state index in [9.17, 15) is 0 Å². The number of hydrogen-bond acceptors (Lipinski definition) is 2. The van der Waals surface area contributed by atoms with Gasteiger partial charge in [-0.15, -0.1) is 0 Å². The standard InChI is InChI=1S/C16H10ClN3/c17-12-7-8-18-13-6-5-10(9-11(12)13)16-19-14-3-1-2-4-15(14)20-16/h1-9H,(H,19,20). The zero-order chi connectivity index (χ0) is 13.5. The number of halogens is 1. The third kappa shape index (κ3) is 1.75. The van der Waals surface area contributed by atoms with Crippen molar-refractivity contribution in [2.24, 2.45) is 0 Å². The summed E-state index contributed by atoms with van der Waals surface area (Å²) in [4.78, 5) is 12.2. The molecule has 0 aliphatic rings. The molecule has 0 atom stereocenters. The Morgan fingerprint density at radius 1 is 0.950 bits per heavy atom. The Labute approximate surface area is 120 Å². The SMILES string of the molecule is Clc1ccnc2ccc(-c3nc4ccccc4[nH]3)cc12. The first-order chi connectivity index (χ1) is 9.81. The topological polar surface area (TPSA) is 41.6 Å². The fourth-order valence-corrected chi connectivity index (χ4v) is 2.56. The second kappa shape index (κ2) is 4.32. The lowest BCUT2D eigenvalue weighted by Gasteiger charge is -2.02. The van der Waals surface area contributed by atoms with Crippen LogP contribution in [0.1, 0.15) is 0 Å². The van der Waals surface area contributed by atoms with Crippen LogP contribution in [0, 0.1) is 0 Å². The number of aromatic amines is 1. The first kappa shape index (κ1) is 11.4. The molecule has 0 saturated carbocycles. The number of para-hydroxylation sites is 2. The summed E-state index contributed by atoms with van der Waals surface area (Å²) in [7, 11) is 0. The summed E-state index contributed by atoms with van der Waals surface area (Å²) in [5.41, 5.74) is 3.88. The first-order valence-corrected chi connectivity index (χ1v) is 6.68. The molecule has 0 aliphatic heterocycles. The van der Waals surface area contributed by atoms with Crippen LogP contribution in [0.25, 0.3) is 33.3 Å². The van der Waals surface area contributed by atoms with E-state index < -0.39 is 0 Å². The maximum Gasteiger partial charge on any atom is 0.138 e. The normalized spacial score (nSPS) is 11.2. The van der Waals surface area contributed by atoms with E-state index in [4.69, 9.17) is 11.6 Å². The van der Waals surface area contributed by atoms with Gasteiger partial charge in [-0.05, 0) is 36.4 Å². The van der Waals surface area contributed by atoms with Crippen molar-refractivity contribution in [3.05, 3.63) is 59.8 Å². The molecule has 0 amide bonds. The Balaban J connectivity index is 1.95. The number of nitrogens with zero attached hydrogens (tertiary/aromatic N) is 2. The van der Waals surface area contributed by atoms with Crippen LogP contribution in [0.5, 0.6) is 0 Å². The van der Waals surface area contributed by atoms with E-state index in [-0.39, 0.29) is 0 Å². The van der Waals surface area contributed by atoms with Gasteiger partial charge in [-0.1, -0.05) is 23.7 Å². The van der Waals surface area contributed by atoms with E-state index in [2.05, 4.69) is 15.0 Å². The highest BCUT2D eigenvalue weighted by molar-refractivity contribution is 6.35. The summed E-state index contributed by atoms with van der Waals surface area (Å²) in [6.07, 6.45) is 1.71. The van der Waals surface area contributed by atoms with Crippen LogP contribution in [-0.4, -0.2) is 15.0 Å². The average Bonchev–Trinajstić information content (AvgIpc) is 2.91. The lowest BCUT2D eigenvalue weighted by Crippen LogP contribution is -1.84. The Kier molecular flexibility index (Phi) is 2.47. The molecule has 2 aromatic heterocycles. The van der Waals surface area contributed by atoms with Gasteiger partial charge < -0.3 is 4.98 Å². The number of nitrogens with one attached hydrogen (secondary N) is 1. The van der Waals surface area contributed by atoms with E-state index in [0.29, 0.717) is 5.02 Å². The van der Waals surface area contributed by atoms with Crippen LogP contribution in [0.4, 0.5) is 0 Å². The van der Waals surface area contributed by atoms with Gasteiger partial charge >= 0.3 is 0 Å². The molecule has 0 fully saturated rings. The predicted molar refractivity (Wildman–Crippen MR) is 81.8 cm³/mol. The number of H-pyrrole nitrogens is 1. The molecule has 2 aromatic carbocycles. The molecule has 4 rings (SSSR count). The van der Waals surface area contributed by atoms with Gasteiger partial charge in [-0.25, -0.2) is 4.98 Å². The number of aromatic nitrogens is 3. The Hall–Kier alpha value is -2.39. The number of benzene rings is 2. The van der Waals surface area contributed by atoms with Gasteiger partial charge in [0.25, 0.3) is 0 Å². The van der Waals surface area contributed by atoms with E-state index in [1.807, 2.05) is 42.5 Å². The van der Waals surface area contributed by atoms with Gasteiger partial charge in [-0.2, -0.15) is 0 Å². The van der Waals surface area contributed by atoms with Crippen LogP contribution < -0.4 is 0 Å². The van der Waals surface area contributed by atoms with E-state index in [1.54, 1.807) is 12.3 Å². The monoisotopic (exact) mass is 279 g/mol. The lowest BCUT2D eigenvalue weighted by molar-refractivity contribution is 1.33. The zero-order valence-corrected chi connectivity index (χ0v) is 11.2. The summed E-state index contributed by atoms with van der Waals surface area (Å²) in [6, 6.07) is 15.8. The quantitative estimate of drug-likeness (QED) is 0.560. The van der Waals surface area contributed by atoms with E-state index in [0.717, 1.165) is 33.3 Å². The maximum atomic E-state index is 6.22. The number of hydrogen-bond donors (Lipinski definition) is 1. The lowest BCUT2D eigenvalue weighted by atomic mass is 10.1. The largest absolute Gasteiger partial charge is 0.338 e. The van der Waals surface area contributed by atoms with Crippen molar-refractivity contribution in [2.45, 2.75) is 0 Å². The van der Waals surface area contributed by atoms with E-state index in [1.165, 1.54) is 0 Å². The Bertz CT molecular complexity index is 894. The number of rotatable bonds is 1. The molecule has 4 heteroatoms. The molecule has 2 heterocycles. The van der Waals surface area contributed by atoms with Crippen molar-refractivity contribution < 1.29 is 0 Å². The Morgan fingerprint density at radius 3 is 2.75 bits per heavy atom. The number of imidazole rings is 1.